The van der Waals surface area contributed by atoms with Crippen LogP contribution in [0.1, 0.15) is 15.2 Å². The number of anilines is 2. The highest BCUT2D eigenvalue weighted by atomic mass is 32.1. The summed E-state index contributed by atoms with van der Waals surface area (Å²) in [6, 6.07) is 12.8. The lowest BCUT2D eigenvalue weighted by Crippen LogP contribution is -2.28. The van der Waals surface area contributed by atoms with E-state index >= 15 is 0 Å². The summed E-state index contributed by atoms with van der Waals surface area (Å²) in [5.41, 5.74) is 3.05. The molecule has 182 valence electrons. The second kappa shape index (κ2) is 10.1. The Balaban J connectivity index is 1.46. The minimum Gasteiger partial charge on any atom is -0.443 e. The minimum atomic E-state index is -0.591. The van der Waals surface area contributed by atoms with Crippen molar-refractivity contribution >= 4 is 45.8 Å². The van der Waals surface area contributed by atoms with E-state index in [1.54, 1.807) is 37.6 Å². The summed E-state index contributed by atoms with van der Waals surface area (Å²) >= 11 is 1.29. The Labute approximate surface area is 209 Å². The van der Waals surface area contributed by atoms with E-state index in [9.17, 15) is 14.7 Å². The maximum atomic E-state index is 13.1. The molecule has 0 radical (unpaired) electrons. The van der Waals surface area contributed by atoms with E-state index in [4.69, 9.17) is 4.42 Å². The van der Waals surface area contributed by atoms with Crippen molar-refractivity contribution in [3.8, 4) is 10.6 Å². The number of carbonyl (C=O) groups excluding carboxylic acids is 2. The van der Waals surface area contributed by atoms with E-state index in [1.165, 1.54) is 22.6 Å². The predicted molar refractivity (Wildman–Crippen MR) is 136 cm³/mol. The molecule has 0 spiro atoms. The Morgan fingerprint density at radius 3 is 2.81 bits per heavy atom. The average molecular weight is 503 g/mol. The van der Waals surface area contributed by atoms with E-state index < -0.39 is 12.5 Å². The first-order valence-corrected chi connectivity index (χ1v) is 11.9. The molecule has 0 aliphatic rings. The molecular formula is C25H22N6O4S. The van der Waals surface area contributed by atoms with Gasteiger partial charge >= 0.3 is 0 Å². The minimum absolute atomic E-state index is 0.295. The van der Waals surface area contributed by atoms with Crippen LogP contribution in [0.2, 0.25) is 0 Å². The lowest BCUT2D eigenvalue weighted by molar-refractivity contribution is -0.120. The Hall–Kier alpha value is -4.35. The molecule has 5 aromatic rings. The molecule has 0 unspecified atom stereocenters. The third-order valence-corrected chi connectivity index (χ3v) is 6.80. The molecule has 0 bridgehead atoms. The summed E-state index contributed by atoms with van der Waals surface area (Å²) in [5.74, 6) is 0.259. The molecule has 0 fully saturated rings. The van der Waals surface area contributed by atoms with Crippen molar-refractivity contribution in [3.63, 3.8) is 0 Å². The Bertz CT molecular complexity index is 1510. The molecule has 2 N–H and O–H groups in total. The summed E-state index contributed by atoms with van der Waals surface area (Å²) in [5, 5.41) is 12.1. The SMILES string of the molecule is CN(C(=O)CO)c1ccc2c(c1)nc(NC(=O)c1ccc(-c3cnco3)s1)n2CCc1cccnc1. The summed E-state index contributed by atoms with van der Waals surface area (Å²) in [6.07, 6.45) is 7.16. The Morgan fingerprint density at radius 1 is 1.17 bits per heavy atom. The lowest BCUT2D eigenvalue weighted by atomic mass is 10.2. The van der Waals surface area contributed by atoms with E-state index in [0.717, 1.165) is 16.0 Å². The van der Waals surface area contributed by atoms with Gasteiger partial charge in [0, 0.05) is 31.7 Å². The molecular weight excluding hydrogens is 480 g/mol. The van der Waals surface area contributed by atoms with Crippen LogP contribution in [-0.4, -0.2) is 50.1 Å². The Kier molecular flexibility index (Phi) is 6.56. The summed E-state index contributed by atoms with van der Waals surface area (Å²) < 4.78 is 7.26. The van der Waals surface area contributed by atoms with Crippen molar-refractivity contribution in [3.05, 3.63) is 77.9 Å². The van der Waals surface area contributed by atoms with Crippen molar-refractivity contribution in [1.82, 2.24) is 19.5 Å². The van der Waals surface area contributed by atoms with Gasteiger partial charge in [0.05, 0.1) is 27.0 Å². The van der Waals surface area contributed by atoms with Crippen LogP contribution in [0.15, 0.2) is 71.9 Å². The molecule has 36 heavy (non-hydrogen) atoms. The third kappa shape index (κ3) is 4.74. The molecule has 0 aliphatic carbocycles. The molecule has 10 nitrogen and oxygen atoms in total. The number of aliphatic hydroxyl groups is 1. The fourth-order valence-electron chi connectivity index (χ4n) is 3.78. The fraction of sp³-hybridized carbons (Fsp3) is 0.160. The highest BCUT2D eigenvalue weighted by Gasteiger charge is 2.19. The van der Waals surface area contributed by atoms with Gasteiger partial charge in [-0.25, -0.2) is 9.97 Å². The Morgan fingerprint density at radius 2 is 2.06 bits per heavy atom. The molecule has 4 heterocycles. The zero-order valence-electron chi connectivity index (χ0n) is 19.3. The first-order chi connectivity index (χ1) is 17.5. The normalized spacial score (nSPS) is 11.1. The molecule has 0 saturated heterocycles. The molecule has 11 heteroatoms. The molecule has 0 saturated carbocycles. The highest BCUT2D eigenvalue weighted by molar-refractivity contribution is 7.17. The van der Waals surface area contributed by atoms with E-state index in [0.29, 0.717) is 40.8 Å². The number of benzene rings is 1. The van der Waals surface area contributed by atoms with Gasteiger partial charge in [0.1, 0.15) is 6.61 Å². The smallest absolute Gasteiger partial charge is 0.268 e. The predicted octanol–water partition coefficient (Wildman–Crippen LogP) is 3.60. The van der Waals surface area contributed by atoms with Gasteiger partial charge in [0.15, 0.2) is 12.2 Å². The maximum Gasteiger partial charge on any atom is 0.268 e. The standard InChI is InChI=1S/C25H22N6O4S/c1-30(23(33)14-32)17-4-5-19-18(11-17)28-25(31(19)10-8-16-3-2-9-26-12-16)29-24(34)22-7-6-21(36-22)20-13-27-15-35-20/h2-7,9,11-13,15,32H,8,10,14H2,1H3,(H,28,29,34). The number of oxazole rings is 1. The third-order valence-electron chi connectivity index (χ3n) is 5.71. The van der Waals surface area contributed by atoms with Gasteiger partial charge in [-0.05, 0) is 48.4 Å². The van der Waals surface area contributed by atoms with Crippen molar-refractivity contribution < 1.29 is 19.1 Å². The van der Waals surface area contributed by atoms with Gasteiger partial charge < -0.3 is 19.0 Å². The van der Waals surface area contributed by atoms with Crippen LogP contribution in [0.25, 0.3) is 21.7 Å². The number of aliphatic hydroxyl groups excluding tert-OH is 1. The topological polar surface area (TPSA) is 126 Å². The number of carbonyl (C=O) groups is 2. The van der Waals surface area contributed by atoms with Gasteiger partial charge in [-0.2, -0.15) is 0 Å². The number of aryl methyl sites for hydroxylation is 2. The van der Waals surface area contributed by atoms with Crippen LogP contribution >= 0.6 is 11.3 Å². The van der Waals surface area contributed by atoms with E-state index in [1.807, 2.05) is 35.0 Å². The number of fused-ring (bicyclic) bond motifs is 1. The van der Waals surface area contributed by atoms with Gasteiger partial charge in [-0.3, -0.25) is 19.9 Å². The monoisotopic (exact) mass is 502 g/mol. The first kappa shape index (κ1) is 23.4. The number of hydrogen-bond acceptors (Lipinski definition) is 8. The highest BCUT2D eigenvalue weighted by Crippen LogP contribution is 2.29. The summed E-state index contributed by atoms with van der Waals surface area (Å²) in [7, 11) is 1.59. The van der Waals surface area contributed by atoms with Crippen LogP contribution in [0.4, 0.5) is 11.6 Å². The lowest BCUT2D eigenvalue weighted by Gasteiger charge is -2.16. The average Bonchev–Trinajstić information content (AvgIpc) is 3.67. The first-order valence-electron chi connectivity index (χ1n) is 11.1. The largest absolute Gasteiger partial charge is 0.443 e. The van der Waals surface area contributed by atoms with Crippen LogP contribution in [0, 0.1) is 0 Å². The number of thiophene rings is 1. The van der Waals surface area contributed by atoms with Gasteiger partial charge in [0.25, 0.3) is 11.8 Å². The number of aromatic nitrogens is 4. The number of likely N-dealkylation sites (N-methyl/N-ethyl adjacent to an activating group) is 1. The summed E-state index contributed by atoms with van der Waals surface area (Å²) in [4.78, 5) is 40.5. The number of nitrogens with zero attached hydrogens (tertiary/aromatic N) is 5. The number of amides is 2. The van der Waals surface area contributed by atoms with Gasteiger partial charge in [0.2, 0.25) is 5.95 Å². The number of hydrogen-bond donors (Lipinski definition) is 2. The number of imidazole rings is 1. The molecule has 0 atom stereocenters. The van der Waals surface area contributed by atoms with Crippen LogP contribution in [0.5, 0.6) is 0 Å². The van der Waals surface area contributed by atoms with Crippen LogP contribution < -0.4 is 10.2 Å². The molecule has 4 aromatic heterocycles. The van der Waals surface area contributed by atoms with Crippen molar-refractivity contribution in [1.29, 1.82) is 0 Å². The second-order valence-corrected chi connectivity index (χ2v) is 9.05. The van der Waals surface area contributed by atoms with Crippen molar-refractivity contribution in [2.24, 2.45) is 0 Å². The van der Waals surface area contributed by atoms with Gasteiger partial charge in [-0.15, -0.1) is 11.3 Å². The summed E-state index contributed by atoms with van der Waals surface area (Å²) in [6.45, 7) is -0.0391. The van der Waals surface area contributed by atoms with Crippen LogP contribution in [0.3, 0.4) is 0 Å². The molecule has 5 rings (SSSR count). The zero-order chi connectivity index (χ0) is 25.1. The second-order valence-electron chi connectivity index (χ2n) is 7.97. The zero-order valence-corrected chi connectivity index (χ0v) is 20.1. The van der Waals surface area contributed by atoms with E-state index in [2.05, 4.69) is 20.3 Å². The quantitative estimate of drug-likeness (QED) is 0.332. The van der Waals surface area contributed by atoms with Gasteiger partial charge in [-0.1, -0.05) is 6.07 Å². The molecule has 0 aliphatic heterocycles. The number of pyridine rings is 1. The van der Waals surface area contributed by atoms with Crippen LogP contribution in [-0.2, 0) is 17.8 Å². The van der Waals surface area contributed by atoms with Crippen molar-refractivity contribution in [2.45, 2.75) is 13.0 Å². The van der Waals surface area contributed by atoms with E-state index in [-0.39, 0.29) is 5.91 Å². The number of rotatable bonds is 8. The van der Waals surface area contributed by atoms with Crippen molar-refractivity contribution in [2.75, 3.05) is 23.9 Å². The fourth-order valence-corrected chi connectivity index (χ4v) is 4.63. The molecule has 2 amide bonds. The molecule has 1 aromatic carbocycles. The maximum absolute atomic E-state index is 13.1. The number of nitrogens with one attached hydrogen (secondary N) is 1.